The van der Waals surface area contributed by atoms with Crippen LogP contribution in [0.3, 0.4) is 0 Å². The standard InChI is InChI=1S/C23H27N5O3S/c1-30-18-9-10-19(20(16-18)31-2)24-22(29)27-11-6-12-28(14-13-27)23-25-21(26-32-23)15-17-7-4-3-5-8-17/h3-5,7-10,16H,6,11-15H2,1-2H3,(H,24,29). The van der Waals surface area contributed by atoms with Crippen molar-refractivity contribution in [1.82, 2.24) is 14.3 Å². The second kappa shape index (κ2) is 10.3. The number of methoxy groups -OCH3 is 2. The van der Waals surface area contributed by atoms with Gasteiger partial charge in [-0.05, 0) is 24.1 Å². The van der Waals surface area contributed by atoms with Crippen LogP contribution in [0.15, 0.2) is 48.5 Å². The smallest absolute Gasteiger partial charge is 0.322 e. The van der Waals surface area contributed by atoms with Gasteiger partial charge in [0.15, 0.2) is 0 Å². The van der Waals surface area contributed by atoms with Crippen LogP contribution >= 0.6 is 11.5 Å². The molecule has 0 atom stereocenters. The molecule has 9 heteroatoms. The van der Waals surface area contributed by atoms with Crippen molar-refractivity contribution in [3.63, 3.8) is 0 Å². The predicted molar refractivity (Wildman–Crippen MR) is 126 cm³/mol. The maximum Gasteiger partial charge on any atom is 0.322 e. The van der Waals surface area contributed by atoms with Crippen molar-refractivity contribution in [2.75, 3.05) is 50.6 Å². The van der Waals surface area contributed by atoms with Crippen molar-refractivity contribution >= 4 is 28.4 Å². The van der Waals surface area contributed by atoms with E-state index in [0.717, 1.165) is 30.3 Å². The number of hydrogen-bond donors (Lipinski definition) is 1. The van der Waals surface area contributed by atoms with Gasteiger partial charge in [-0.1, -0.05) is 30.3 Å². The third-order valence-corrected chi connectivity index (χ3v) is 6.18. The summed E-state index contributed by atoms with van der Waals surface area (Å²) < 4.78 is 15.1. The summed E-state index contributed by atoms with van der Waals surface area (Å²) in [6.45, 7) is 2.84. The average Bonchev–Trinajstić information content (AvgIpc) is 3.14. The molecule has 0 unspecified atom stereocenters. The minimum absolute atomic E-state index is 0.141. The Hall–Kier alpha value is -3.33. The molecule has 4 rings (SSSR count). The molecule has 2 aromatic carbocycles. The number of carbonyl (C=O) groups excluding carboxylic acids is 1. The van der Waals surface area contributed by atoms with Gasteiger partial charge < -0.3 is 24.6 Å². The number of carbonyl (C=O) groups is 1. The van der Waals surface area contributed by atoms with Gasteiger partial charge in [-0.25, -0.2) is 9.78 Å². The number of ether oxygens (including phenoxy) is 2. The van der Waals surface area contributed by atoms with Gasteiger partial charge in [0.05, 0.1) is 19.9 Å². The van der Waals surface area contributed by atoms with E-state index in [4.69, 9.17) is 14.5 Å². The van der Waals surface area contributed by atoms with Crippen molar-refractivity contribution < 1.29 is 14.3 Å². The zero-order valence-electron chi connectivity index (χ0n) is 18.3. The summed E-state index contributed by atoms with van der Waals surface area (Å²) in [5, 5.41) is 3.87. The van der Waals surface area contributed by atoms with E-state index < -0.39 is 0 Å². The Morgan fingerprint density at radius 2 is 1.91 bits per heavy atom. The highest BCUT2D eigenvalue weighted by molar-refractivity contribution is 7.09. The van der Waals surface area contributed by atoms with E-state index in [2.05, 4.69) is 26.7 Å². The Kier molecular flexibility index (Phi) is 7.06. The number of urea groups is 1. The van der Waals surface area contributed by atoms with Crippen LogP contribution in [0.4, 0.5) is 15.6 Å². The maximum absolute atomic E-state index is 12.9. The molecule has 8 nitrogen and oxygen atoms in total. The van der Waals surface area contributed by atoms with Crippen LogP contribution in [-0.4, -0.2) is 60.7 Å². The number of anilines is 2. The zero-order valence-corrected chi connectivity index (χ0v) is 19.1. The van der Waals surface area contributed by atoms with Crippen molar-refractivity contribution in [1.29, 1.82) is 0 Å². The first-order chi connectivity index (χ1) is 15.7. The van der Waals surface area contributed by atoms with Gasteiger partial charge in [0, 0.05) is 50.2 Å². The summed E-state index contributed by atoms with van der Waals surface area (Å²) in [6.07, 6.45) is 1.59. The lowest BCUT2D eigenvalue weighted by molar-refractivity contribution is 0.215. The van der Waals surface area contributed by atoms with E-state index in [9.17, 15) is 4.79 Å². The Labute approximate surface area is 192 Å². The van der Waals surface area contributed by atoms with Gasteiger partial charge in [0.25, 0.3) is 0 Å². The summed E-state index contributed by atoms with van der Waals surface area (Å²) in [5.74, 6) is 2.07. The molecule has 0 saturated carbocycles. The monoisotopic (exact) mass is 453 g/mol. The molecule has 168 valence electrons. The van der Waals surface area contributed by atoms with Crippen LogP contribution in [0, 0.1) is 0 Å². The second-order valence-electron chi connectivity index (χ2n) is 7.48. The predicted octanol–water partition coefficient (Wildman–Crippen LogP) is 3.89. The highest BCUT2D eigenvalue weighted by atomic mass is 32.1. The number of nitrogens with one attached hydrogen (secondary N) is 1. The van der Waals surface area contributed by atoms with Crippen LogP contribution in [0.5, 0.6) is 11.5 Å². The molecule has 1 fully saturated rings. The molecule has 1 aromatic heterocycles. The van der Waals surface area contributed by atoms with Crippen LogP contribution in [0.1, 0.15) is 17.8 Å². The second-order valence-corrected chi connectivity index (χ2v) is 8.21. The topological polar surface area (TPSA) is 79.8 Å². The third-order valence-electron chi connectivity index (χ3n) is 5.37. The first-order valence-corrected chi connectivity index (χ1v) is 11.3. The lowest BCUT2D eigenvalue weighted by Gasteiger charge is -2.22. The van der Waals surface area contributed by atoms with E-state index in [-0.39, 0.29) is 6.03 Å². The minimum atomic E-state index is -0.141. The largest absolute Gasteiger partial charge is 0.497 e. The third kappa shape index (κ3) is 5.28. The Morgan fingerprint density at radius 1 is 1.06 bits per heavy atom. The summed E-state index contributed by atoms with van der Waals surface area (Å²) in [6, 6.07) is 15.4. The number of hydrogen-bond acceptors (Lipinski definition) is 7. The van der Waals surface area contributed by atoms with Gasteiger partial charge in [0.2, 0.25) is 5.13 Å². The van der Waals surface area contributed by atoms with Crippen LogP contribution < -0.4 is 19.7 Å². The molecule has 2 heterocycles. The van der Waals surface area contributed by atoms with E-state index in [0.29, 0.717) is 36.8 Å². The van der Waals surface area contributed by atoms with Gasteiger partial charge in [-0.2, -0.15) is 4.37 Å². The van der Waals surface area contributed by atoms with E-state index in [1.807, 2.05) is 23.1 Å². The van der Waals surface area contributed by atoms with Gasteiger partial charge in [-0.15, -0.1) is 0 Å². The molecule has 1 aliphatic rings. The molecule has 3 aromatic rings. The van der Waals surface area contributed by atoms with Gasteiger partial charge in [-0.3, -0.25) is 0 Å². The number of rotatable bonds is 6. The van der Waals surface area contributed by atoms with Gasteiger partial charge in [0.1, 0.15) is 17.3 Å². The highest BCUT2D eigenvalue weighted by Crippen LogP contribution is 2.29. The van der Waals surface area contributed by atoms with Crippen LogP contribution in [0.25, 0.3) is 0 Å². The fourth-order valence-corrected chi connectivity index (χ4v) is 4.37. The summed E-state index contributed by atoms with van der Waals surface area (Å²) in [5.41, 5.74) is 1.82. The minimum Gasteiger partial charge on any atom is -0.497 e. The number of benzene rings is 2. The van der Waals surface area contributed by atoms with Crippen LogP contribution in [-0.2, 0) is 6.42 Å². The molecule has 1 saturated heterocycles. The molecule has 2 amide bonds. The number of amides is 2. The first kappa shape index (κ1) is 21.9. The summed E-state index contributed by atoms with van der Waals surface area (Å²) in [7, 11) is 3.17. The Morgan fingerprint density at radius 3 is 2.69 bits per heavy atom. The lowest BCUT2D eigenvalue weighted by atomic mass is 10.1. The number of aromatic nitrogens is 2. The van der Waals surface area contributed by atoms with E-state index in [1.54, 1.807) is 32.4 Å². The molecular formula is C23H27N5O3S. The summed E-state index contributed by atoms with van der Waals surface area (Å²) in [4.78, 5) is 21.7. The van der Waals surface area contributed by atoms with E-state index >= 15 is 0 Å². The molecule has 0 spiro atoms. The zero-order chi connectivity index (χ0) is 22.3. The number of nitrogens with zero attached hydrogens (tertiary/aromatic N) is 4. The molecule has 0 radical (unpaired) electrons. The molecule has 1 aliphatic heterocycles. The molecule has 1 N–H and O–H groups in total. The Balaban J connectivity index is 1.36. The normalized spacial score (nSPS) is 14.1. The highest BCUT2D eigenvalue weighted by Gasteiger charge is 2.22. The quantitative estimate of drug-likeness (QED) is 0.610. The SMILES string of the molecule is COc1ccc(NC(=O)N2CCCN(c3nc(Cc4ccccc4)ns3)CC2)c(OC)c1. The van der Waals surface area contributed by atoms with Crippen molar-refractivity contribution in [3.8, 4) is 11.5 Å². The van der Waals surface area contributed by atoms with Crippen molar-refractivity contribution in [3.05, 3.63) is 59.9 Å². The average molecular weight is 454 g/mol. The first-order valence-electron chi connectivity index (χ1n) is 10.6. The lowest BCUT2D eigenvalue weighted by Crippen LogP contribution is -2.38. The van der Waals surface area contributed by atoms with Crippen LogP contribution in [0.2, 0.25) is 0 Å². The molecule has 0 bridgehead atoms. The molecule has 32 heavy (non-hydrogen) atoms. The van der Waals surface area contributed by atoms with Gasteiger partial charge >= 0.3 is 6.03 Å². The van der Waals surface area contributed by atoms with E-state index in [1.165, 1.54) is 17.1 Å². The van der Waals surface area contributed by atoms with Crippen molar-refractivity contribution in [2.45, 2.75) is 12.8 Å². The summed E-state index contributed by atoms with van der Waals surface area (Å²) >= 11 is 1.42. The maximum atomic E-state index is 12.9. The molecular weight excluding hydrogens is 426 g/mol. The van der Waals surface area contributed by atoms with Crippen molar-refractivity contribution in [2.24, 2.45) is 0 Å². The Bertz CT molecular complexity index is 1040. The molecule has 0 aliphatic carbocycles. The fraction of sp³-hybridized carbons (Fsp3) is 0.348. The fourth-order valence-electron chi connectivity index (χ4n) is 3.63.